The van der Waals surface area contributed by atoms with Gasteiger partial charge in [-0.1, -0.05) is 6.07 Å². The Bertz CT molecular complexity index is 872. The first-order valence-electron chi connectivity index (χ1n) is 6.51. The summed E-state index contributed by atoms with van der Waals surface area (Å²) in [7, 11) is -4.14. The molecule has 0 unspecified atom stereocenters. The number of carbonyl (C=O) groups is 1. The predicted molar refractivity (Wildman–Crippen MR) is 82.0 cm³/mol. The van der Waals surface area contributed by atoms with E-state index in [1.54, 1.807) is 0 Å². The Balaban J connectivity index is 2.55. The highest BCUT2D eigenvalue weighted by atomic mass is 32.2. The van der Waals surface area contributed by atoms with E-state index in [-0.39, 0.29) is 27.5 Å². The van der Waals surface area contributed by atoms with Gasteiger partial charge in [0.05, 0.1) is 11.1 Å². The summed E-state index contributed by atoms with van der Waals surface area (Å²) in [4.78, 5) is 14.5. The standard InChI is InChI=1S/C14H13F2N3O4S/c1-8(20)19-10-2-3-12(13(5-10)24(17,21)22)9-4-11(7-18-6-9)23-14(15)16/h2-7,14H,1H3,(H,19,20)(H2,17,21,22). The molecule has 2 rings (SSSR count). The number of primary sulfonamides is 1. The van der Waals surface area contributed by atoms with Gasteiger partial charge < -0.3 is 10.1 Å². The largest absolute Gasteiger partial charge is 0.433 e. The van der Waals surface area contributed by atoms with Crippen molar-refractivity contribution in [3.8, 4) is 16.9 Å². The maximum atomic E-state index is 12.3. The molecule has 1 aromatic carbocycles. The van der Waals surface area contributed by atoms with E-state index in [1.807, 2.05) is 0 Å². The molecule has 1 heterocycles. The molecule has 10 heteroatoms. The summed E-state index contributed by atoms with van der Waals surface area (Å²) in [6, 6.07) is 5.22. The zero-order valence-corrected chi connectivity index (χ0v) is 13.2. The molecule has 0 saturated heterocycles. The number of nitrogens with zero attached hydrogens (tertiary/aromatic N) is 1. The second-order valence-corrected chi connectivity index (χ2v) is 6.25. The van der Waals surface area contributed by atoms with Gasteiger partial charge in [-0.2, -0.15) is 8.78 Å². The number of halogens is 2. The molecule has 0 aliphatic rings. The minimum absolute atomic E-state index is 0.138. The van der Waals surface area contributed by atoms with Crippen molar-refractivity contribution in [1.82, 2.24) is 4.98 Å². The van der Waals surface area contributed by atoms with E-state index in [1.165, 1.54) is 37.4 Å². The third-order valence-corrected chi connectivity index (χ3v) is 3.81. The van der Waals surface area contributed by atoms with Gasteiger partial charge in [0.25, 0.3) is 0 Å². The molecule has 0 atom stereocenters. The minimum atomic E-state index is -4.14. The number of sulfonamides is 1. The molecular weight excluding hydrogens is 344 g/mol. The monoisotopic (exact) mass is 357 g/mol. The van der Waals surface area contributed by atoms with Crippen LogP contribution in [0.5, 0.6) is 5.75 Å². The molecule has 1 aromatic heterocycles. The average Bonchev–Trinajstić information content (AvgIpc) is 2.45. The van der Waals surface area contributed by atoms with Crippen LogP contribution in [0.2, 0.25) is 0 Å². The zero-order chi connectivity index (χ0) is 17.9. The lowest BCUT2D eigenvalue weighted by atomic mass is 10.1. The predicted octanol–water partition coefficient (Wildman–Crippen LogP) is 1.96. The summed E-state index contributed by atoms with van der Waals surface area (Å²) in [6.07, 6.45) is 2.35. The zero-order valence-electron chi connectivity index (χ0n) is 12.4. The summed E-state index contributed by atoms with van der Waals surface area (Å²) in [5.41, 5.74) is 0.577. The van der Waals surface area contributed by atoms with E-state index < -0.39 is 22.5 Å². The first-order chi connectivity index (χ1) is 11.2. The second-order valence-electron chi connectivity index (χ2n) is 4.72. The summed E-state index contributed by atoms with van der Waals surface area (Å²) < 4.78 is 52.5. The highest BCUT2D eigenvalue weighted by Crippen LogP contribution is 2.31. The number of hydrogen-bond donors (Lipinski definition) is 2. The van der Waals surface area contributed by atoms with E-state index in [2.05, 4.69) is 15.0 Å². The number of aromatic nitrogens is 1. The van der Waals surface area contributed by atoms with Crippen LogP contribution in [-0.4, -0.2) is 25.9 Å². The number of nitrogens with two attached hydrogens (primary N) is 1. The van der Waals surface area contributed by atoms with Gasteiger partial charge in [0.15, 0.2) is 0 Å². The minimum Gasteiger partial charge on any atom is -0.433 e. The SMILES string of the molecule is CC(=O)Nc1ccc(-c2cncc(OC(F)F)c2)c(S(N)(=O)=O)c1. The van der Waals surface area contributed by atoms with Gasteiger partial charge >= 0.3 is 6.61 Å². The van der Waals surface area contributed by atoms with Crippen molar-refractivity contribution in [2.45, 2.75) is 18.4 Å². The number of ether oxygens (including phenoxy) is 1. The summed E-state index contributed by atoms with van der Waals surface area (Å²) in [5, 5.41) is 7.64. The number of rotatable bonds is 5. The third kappa shape index (κ3) is 4.46. The summed E-state index contributed by atoms with van der Waals surface area (Å²) in [6.45, 7) is -1.78. The Morgan fingerprint density at radius 1 is 1.29 bits per heavy atom. The molecule has 24 heavy (non-hydrogen) atoms. The Morgan fingerprint density at radius 2 is 2.00 bits per heavy atom. The van der Waals surface area contributed by atoms with Crippen LogP contribution in [0, 0.1) is 0 Å². The summed E-state index contributed by atoms with van der Waals surface area (Å²) in [5.74, 6) is -0.620. The van der Waals surface area contributed by atoms with E-state index in [4.69, 9.17) is 5.14 Å². The molecule has 3 N–H and O–H groups in total. The molecule has 0 bridgehead atoms. The van der Waals surface area contributed by atoms with Crippen molar-refractivity contribution in [2.24, 2.45) is 5.14 Å². The van der Waals surface area contributed by atoms with Gasteiger partial charge in [-0.15, -0.1) is 0 Å². The fourth-order valence-electron chi connectivity index (χ4n) is 2.01. The van der Waals surface area contributed by atoms with Crippen molar-refractivity contribution in [3.63, 3.8) is 0 Å². The first-order valence-corrected chi connectivity index (χ1v) is 8.06. The number of carbonyl (C=O) groups excluding carboxylic acids is 1. The van der Waals surface area contributed by atoms with Gasteiger partial charge in [0.2, 0.25) is 15.9 Å². The molecule has 0 aliphatic heterocycles. The van der Waals surface area contributed by atoms with Crippen molar-refractivity contribution in [3.05, 3.63) is 36.7 Å². The number of benzene rings is 1. The lowest BCUT2D eigenvalue weighted by Gasteiger charge is -2.12. The van der Waals surface area contributed by atoms with Gasteiger partial charge in [0.1, 0.15) is 5.75 Å². The van der Waals surface area contributed by atoms with E-state index in [9.17, 15) is 22.0 Å². The highest BCUT2D eigenvalue weighted by molar-refractivity contribution is 7.89. The van der Waals surface area contributed by atoms with Gasteiger partial charge in [-0.25, -0.2) is 13.6 Å². The van der Waals surface area contributed by atoms with Crippen molar-refractivity contribution < 1.29 is 26.7 Å². The smallest absolute Gasteiger partial charge is 0.387 e. The Labute approximate surface area is 136 Å². The Hall–Kier alpha value is -2.59. The molecule has 1 amide bonds. The third-order valence-electron chi connectivity index (χ3n) is 2.86. The molecule has 0 spiro atoms. The maximum absolute atomic E-state index is 12.3. The lowest BCUT2D eigenvalue weighted by molar-refractivity contribution is -0.114. The fourth-order valence-corrected chi connectivity index (χ4v) is 2.79. The van der Waals surface area contributed by atoms with Crippen LogP contribution < -0.4 is 15.2 Å². The Kier molecular flexibility index (Phi) is 5.10. The second kappa shape index (κ2) is 6.89. The quantitative estimate of drug-likeness (QED) is 0.850. The van der Waals surface area contributed by atoms with Crippen LogP contribution in [0.25, 0.3) is 11.1 Å². The number of pyridine rings is 1. The van der Waals surface area contributed by atoms with Crippen LogP contribution >= 0.6 is 0 Å². The van der Waals surface area contributed by atoms with E-state index in [0.717, 1.165) is 6.20 Å². The molecule has 0 aliphatic carbocycles. The van der Waals surface area contributed by atoms with E-state index in [0.29, 0.717) is 0 Å². The molecule has 7 nitrogen and oxygen atoms in total. The number of amides is 1. The van der Waals surface area contributed by atoms with Crippen LogP contribution in [0.3, 0.4) is 0 Å². The van der Waals surface area contributed by atoms with E-state index >= 15 is 0 Å². The fraction of sp³-hybridized carbons (Fsp3) is 0.143. The molecular formula is C14H13F2N3O4S. The Morgan fingerprint density at radius 3 is 2.58 bits per heavy atom. The van der Waals surface area contributed by atoms with Crippen molar-refractivity contribution >= 4 is 21.6 Å². The normalized spacial score (nSPS) is 11.4. The topological polar surface area (TPSA) is 111 Å². The lowest BCUT2D eigenvalue weighted by Crippen LogP contribution is -2.15. The molecule has 0 saturated carbocycles. The van der Waals surface area contributed by atoms with Gasteiger partial charge in [-0.3, -0.25) is 9.78 Å². The highest BCUT2D eigenvalue weighted by Gasteiger charge is 2.18. The number of anilines is 1. The van der Waals surface area contributed by atoms with Crippen LogP contribution in [0.1, 0.15) is 6.92 Å². The van der Waals surface area contributed by atoms with Crippen LogP contribution in [0.4, 0.5) is 14.5 Å². The first kappa shape index (κ1) is 17.8. The van der Waals surface area contributed by atoms with Gasteiger partial charge in [0, 0.05) is 29.9 Å². The molecule has 0 radical (unpaired) electrons. The number of alkyl halides is 2. The molecule has 2 aromatic rings. The van der Waals surface area contributed by atoms with Crippen molar-refractivity contribution in [1.29, 1.82) is 0 Å². The van der Waals surface area contributed by atoms with Gasteiger partial charge in [-0.05, 0) is 18.2 Å². The van der Waals surface area contributed by atoms with Crippen LogP contribution in [0.15, 0.2) is 41.6 Å². The summed E-state index contributed by atoms with van der Waals surface area (Å²) >= 11 is 0. The van der Waals surface area contributed by atoms with Crippen LogP contribution in [-0.2, 0) is 14.8 Å². The van der Waals surface area contributed by atoms with Crippen molar-refractivity contribution in [2.75, 3.05) is 5.32 Å². The number of nitrogens with one attached hydrogen (secondary N) is 1. The molecule has 128 valence electrons. The number of hydrogen-bond acceptors (Lipinski definition) is 5. The molecule has 0 fully saturated rings. The maximum Gasteiger partial charge on any atom is 0.387 e. The average molecular weight is 357 g/mol.